The fraction of sp³-hybridized carbons (Fsp3) is 0. The van der Waals surface area contributed by atoms with Crippen LogP contribution in [0.25, 0.3) is 5.52 Å². The van der Waals surface area contributed by atoms with E-state index in [9.17, 15) is 0 Å². The third-order valence-electron chi connectivity index (χ3n) is 1.49. The van der Waals surface area contributed by atoms with Gasteiger partial charge in [0.25, 0.3) is 0 Å². The Morgan fingerprint density at radius 3 is 2.73 bits per heavy atom. The molecule has 2 aromatic rings. The summed E-state index contributed by atoms with van der Waals surface area (Å²) in [6, 6.07) is 0. The average molecular weight is 149 g/mol. The summed E-state index contributed by atoms with van der Waals surface area (Å²) in [5, 5.41) is 0. The molecule has 0 amide bonds. The fourth-order valence-corrected chi connectivity index (χ4v) is 1.00. The van der Waals surface area contributed by atoms with Gasteiger partial charge in [0.15, 0.2) is 0 Å². The number of rotatable bonds is 0. The lowest BCUT2D eigenvalue weighted by Crippen LogP contribution is -2.01. The monoisotopic (exact) mass is 149 g/mol. The summed E-state index contributed by atoms with van der Waals surface area (Å²) in [5.41, 5.74) is 11.9. The Hall–Kier alpha value is -1.78. The number of nitrogen functional groups attached to an aromatic ring is 2. The Kier molecular flexibility index (Phi) is 1.00. The largest absolute Gasteiger partial charge is 0.383 e. The Labute approximate surface area is 62.7 Å². The molecule has 0 saturated carbocycles. The Morgan fingerprint density at radius 2 is 2.00 bits per heavy atom. The molecule has 11 heavy (non-hydrogen) atoms. The van der Waals surface area contributed by atoms with Crippen LogP contribution in [0.15, 0.2) is 18.6 Å². The van der Waals surface area contributed by atoms with Crippen molar-refractivity contribution in [1.82, 2.24) is 14.4 Å². The molecule has 0 radical (unpaired) electrons. The molecule has 0 spiro atoms. The third kappa shape index (κ3) is 0.706. The normalized spacial score (nSPS) is 10.5. The first-order valence-corrected chi connectivity index (χ1v) is 3.11. The molecule has 5 nitrogen and oxygen atoms in total. The van der Waals surface area contributed by atoms with E-state index in [4.69, 9.17) is 11.5 Å². The van der Waals surface area contributed by atoms with E-state index in [2.05, 4.69) is 9.97 Å². The highest BCUT2D eigenvalue weighted by Gasteiger charge is 2.00. The Bertz CT molecular complexity index is 391. The lowest BCUT2D eigenvalue weighted by atomic mass is 10.5. The molecule has 2 heterocycles. The van der Waals surface area contributed by atoms with E-state index in [0.29, 0.717) is 11.8 Å². The van der Waals surface area contributed by atoms with Gasteiger partial charge >= 0.3 is 0 Å². The van der Waals surface area contributed by atoms with Crippen molar-refractivity contribution in [3.63, 3.8) is 0 Å². The standard InChI is InChI=1S/C6H7N5/c7-5-3-9-1-4-2-10-6(8)11(4)5/h1-3H,7H2,(H2,8,10). The first-order valence-electron chi connectivity index (χ1n) is 3.11. The number of nitrogens with zero attached hydrogens (tertiary/aromatic N) is 3. The molecule has 0 aromatic carbocycles. The van der Waals surface area contributed by atoms with Crippen molar-refractivity contribution in [3.05, 3.63) is 18.6 Å². The first-order chi connectivity index (χ1) is 5.29. The van der Waals surface area contributed by atoms with Gasteiger partial charge in [-0.05, 0) is 0 Å². The van der Waals surface area contributed by atoms with Gasteiger partial charge in [-0.15, -0.1) is 0 Å². The second-order valence-electron chi connectivity index (χ2n) is 2.21. The topological polar surface area (TPSA) is 82.2 Å². The van der Waals surface area contributed by atoms with E-state index < -0.39 is 0 Å². The van der Waals surface area contributed by atoms with Gasteiger partial charge in [-0.1, -0.05) is 0 Å². The van der Waals surface area contributed by atoms with Crippen LogP contribution in [0.2, 0.25) is 0 Å². The molecular weight excluding hydrogens is 142 g/mol. The highest BCUT2D eigenvalue weighted by molar-refractivity contribution is 5.54. The van der Waals surface area contributed by atoms with E-state index >= 15 is 0 Å². The van der Waals surface area contributed by atoms with Gasteiger partial charge in [-0.25, -0.2) is 4.98 Å². The summed E-state index contributed by atoms with van der Waals surface area (Å²) < 4.78 is 1.63. The van der Waals surface area contributed by atoms with Crippen LogP contribution in [0.5, 0.6) is 0 Å². The number of fused-ring (bicyclic) bond motifs is 1. The van der Waals surface area contributed by atoms with E-state index in [1.807, 2.05) is 0 Å². The van der Waals surface area contributed by atoms with Crippen LogP contribution in [-0.4, -0.2) is 14.4 Å². The smallest absolute Gasteiger partial charge is 0.206 e. The van der Waals surface area contributed by atoms with E-state index in [1.165, 1.54) is 6.20 Å². The van der Waals surface area contributed by atoms with Crippen molar-refractivity contribution in [2.75, 3.05) is 11.5 Å². The predicted octanol–water partition coefficient (Wildman–Crippen LogP) is -0.106. The molecule has 2 aromatic heterocycles. The molecule has 2 rings (SSSR count). The number of anilines is 2. The molecular formula is C6H7N5. The first kappa shape index (κ1) is 5.96. The van der Waals surface area contributed by atoms with Crippen LogP contribution in [0.4, 0.5) is 11.8 Å². The molecule has 0 aliphatic carbocycles. The van der Waals surface area contributed by atoms with Gasteiger partial charge in [-0.2, -0.15) is 0 Å². The van der Waals surface area contributed by atoms with E-state index in [1.54, 1.807) is 16.8 Å². The van der Waals surface area contributed by atoms with Crippen LogP contribution in [0, 0.1) is 0 Å². The number of hydrogen-bond donors (Lipinski definition) is 2. The third-order valence-corrected chi connectivity index (χ3v) is 1.49. The minimum absolute atomic E-state index is 0.389. The molecule has 56 valence electrons. The average Bonchev–Trinajstić information content (AvgIpc) is 2.34. The maximum atomic E-state index is 5.58. The van der Waals surface area contributed by atoms with Crippen LogP contribution in [-0.2, 0) is 0 Å². The SMILES string of the molecule is Nc1cncc2cnc(N)n12. The summed E-state index contributed by atoms with van der Waals surface area (Å²) in [6.45, 7) is 0. The van der Waals surface area contributed by atoms with Gasteiger partial charge in [0.2, 0.25) is 5.95 Å². The molecule has 0 saturated heterocycles. The zero-order chi connectivity index (χ0) is 7.84. The number of aromatic nitrogens is 3. The summed E-state index contributed by atoms with van der Waals surface area (Å²) in [7, 11) is 0. The summed E-state index contributed by atoms with van der Waals surface area (Å²) in [6.07, 6.45) is 4.81. The summed E-state index contributed by atoms with van der Waals surface area (Å²) >= 11 is 0. The van der Waals surface area contributed by atoms with Crippen molar-refractivity contribution in [1.29, 1.82) is 0 Å². The second kappa shape index (κ2) is 1.85. The van der Waals surface area contributed by atoms with Gasteiger partial charge in [0.05, 0.1) is 24.1 Å². The molecule has 0 fully saturated rings. The minimum Gasteiger partial charge on any atom is -0.383 e. The molecule has 0 unspecified atom stereocenters. The molecule has 4 N–H and O–H groups in total. The van der Waals surface area contributed by atoms with Crippen molar-refractivity contribution < 1.29 is 0 Å². The maximum Gasteiger partial charge on any atom is 0.206 e. The number of nitrogens with two attached hydrogens (primary N) is 2. The van der Waals surface area contributed by atoms with E-state index in [-0.39, 0.29) is 0 Å². The van der Waals surface area contributed by atoms with Crippen molar-refractivity contribution >= 4 is 17.3 Å². The van der Waals surface area contributed by atoms with Crippen molar-refractivity contribution in [2.24, 2.45) is 0 Å². The second-order valence-corrected chi connectivity index (χ2v) is 2.21. The lowest BCUT2D eigenvalue weighted by molar-refractivity contribution is 1.14. The highest BCUT2D eigenvalue weighted by atomic mass is 15.1. The van der Waals surface area contributed by atoms with Crippen molar-refractivity contribution in [2.45, 2.75) is 0 Å². The van der Waals surface area contributed by atoms with Gasteiger partial charge in [-0.3, -0.25) is 9.38 Å². The van der Waals surface area contributed by atoms with Gasteiger partial charge in [0.1, 0.15) is 5.82 Å². The molecule has 0 atom stereocenters. The Balaban J connectivity index is 2.96. The van der Waals surface area contributed by atoms with Gasteiger partial charge < -0.3 is 11.5 Å². The predicted molar refractivity (Wildman–Crippen MR) is 41.8 cm³/mol. The molecule has 0 bridgehead atoms. The van der Waals surface area contributed by atoms with Crippen molar-refractivity contribution in [3.8, 4) is 0 Å². The van der Waals surface area contributed by atoms with Gasteiger partial charge in [0, 0.05) is 0 Å². The molecule has 5 heteroatoms. The maximum absolute atomic E-state index is 5.58. The zero-order valence-electron chi connectivity index (χ0n) is 5.73. The summed E-state index contributed by atoms with van der Waals surface area (Å²) in [5.74, 6) is 0.886. The zero-order valence-corrected chi connectivity index (χ0v) is 5.73. The Morgan fingerprint density at radius 1 is 1.18 bits per heavy atom. The summed E-state index contributed by atoms with van der Waals surface area (Å²) in [4.78, 5) is 7.76. The quantitative estimate of drug-likeness (QED) is 0.547. The molecule has 0 aliphatic rings. The molecule has 0 aliphatic heterocycles. The fourth-order valence-electron chi connectivity index (χ4n) is 1.00. The highest BCUT2D eigenvalue weighted by Crippen LogP contribution is 2.10. The number of imidazole rings is 1. The van der Waals surface area contributed by atoms with Crippen LogP contribution in [0.3, 0.4) is 0 Å². The minimum atomic E-state index is 0.389. The number of hydrogen-bond acceptors (Lipinski definition) is 4. The van der Waals surface area contributed by atoms with Crippen LogP contribution < -0.4 is 11.5 Å². The van der Waals surface area contributed by atoms with Crippen LogP contribution in [0.1, 0.15) is 0 Å². The van der Waals surface area contributed by atoms with E-state index in [0.717, 1.165) is 5.52 Å². The lowest BCUT2D eigenvalue weighted by Gasteiger charge is -1.98. The van der Waals surface area contributed by atoms with Crippen LogP contribution >= 0.6 is 0 Å².